The third-order valence-electron chi connectivity index (χ3n) is 4.75. The zero-order valence-electron chi connectivity index (χ0n) is 16.1. The van der Waals surface area contributed by atoms with E-state index in [2.05, 4.69) is 19.7 Å². The van der Waals surface area contributed by atoms with E-state index in [4.69, 9.17) is 5.73 Å². The van der Waals surface area contributed by atoms with E-state index in [1.165, 1.54) is 19.1 Å². The second-order valence-corrected chi connectivity index (χ2v) is 8.06. The Morgan fingerprint density at radius 3 is 2.69 bits per heavy atom. The van der Waals surface area contributed by atoms with Crippen LogP contribution in [0.25, 0.3) is 0 Å². The molecule has 0 bridgehead atoms. The predicted octanol–water partition coefficient (Wildman–Crippen LogP) is 3.25. The summed E-state index contributed by atoms with van der Waals surface area (Å²) in [6.45, 7) is 0.138. The van der Waals surface area contributed by atoms with E-state index in [-0.39, 0.29) is 36.2 Å². The second kappa shape index (κ2) is 10.3. The molecule has 0 spiro atoms. The van der Waals surface area contributed by atoms with Gasteiger partial charge in [0.05, 0.1) is 12.4 Å². The third-order valence-corrected chi connectivity index (χ3v) is 5.82. The van der Waals surface area contributed by atoms with Gasteiger partial charge in [-0.15, -0.1) is 0 Å². The molecule has 0 fully saturated rings. The van der Waals surface area contributed by atoms with E-state index >= 15 is 4.39 Å². The summed E-state index contributed by atoms with van der Waals surface area (Å²) in [6, 6.07) is 3.60. The number of carbonyl (C=O) groups is 1. The standard InChI is InChI=1S/C19H18F4N4O3S.CH4/c1-19(16(22)15(17(23)29)31-18(24)27-19)10-4-9(2-3-11(10)21)5-13(28)12-6-26-14(7-25-12)30-8-20;/h2-4,6-7,15-17,29H,5,8H2,1H3,(H2,24,27);1H4/t15-,16-,17?,19+;/m0./s1. The minimum absolute atomic E-state index is 0. The van der Waals surface area contributed by atoms with Crippen LogP contribution in [-0.4, -0.2) is 50.7 Å². The minimum atomic E-state index is -2.54. The first-order valence-electron chi connectivity index (χ1n) is 8.96. The van der Waals surface area contributed by atoms with Gasteiger partial charge >= 0.3 is 0 Å². The van der Waals surface area contributed by atoms with E-state index in [1.54, 1.807) is 0 Å². The number of hydrogen-bond donors (Lipinski definition) is 2. The summed E-state index contributed by atoms with van der Waals surface area (Å²) < 4.78 is 59.8. The number of hydrogen-bond acceptors (Lipinski definition) is 8. The molecule has 174 valence electrons. The molecule has 2 aromatic rings. The second-order valence-electron chi connectivity index (χ2n) is 6.86. The molecule has 1 unspecified atom stereocenters. The van der Waals surface area contributed by atoms with Crippen molar-refractivity contribution in [1.29, 1.82) is 0 Å². The lowest BCUT2D eigenvalue weighted by Gasteiger charge is -2.38. The number of rotatable bonds is 7. The highest BCUT2D eigenvalue weighted by Gasteiger charge is 2.49. The Morgan fingerprint density at radius 1 is 1.38 bits per heavy atom. The van der Waals surface area contributed by atoms with Crippen LogP contribution >= 0.6 is 11.8 Å². The van der Waals surface area contributed by atoms with Crippen molar-refractivity contribution in [3.05, 3.63) is 53.2 Å². The summed E-state index contributed by atoms with van der Waals surface area (Å²) in [6.07, 6.45) is -2.69. The quantitative estimate of drug-likeness (QED) is 0.468. The molecule has 1 aromatic heterocycles. The van der Waals surface area contributed by atoms with Crippen LogP contribution in [0.2, 0.25) is 0 Å². The minimum Gasteiger partial charge on any atom is -0.445 e. The highest BCUT2D eigenvalue weighted by Crippen LogP contribution is 2.43. The summed E-state index contributed by atoms with van der Waals surface area (Å²) in [4.78, 5) is 24.0. The lowest BCUT2D eigenvalue weighted by Crippen LogP contribution is -2.48. The fourth-order valence-corrected chi connectivity index (χ4v) is 4.20. The number of aliphatic hydroxyl groups is 1. The van der Waals surface area contributed by atoms with Gasteiger partial charge < -0.3 is 15.6 Å². The number of amidine groups is 1. The van der Waals surface area contributed by atoms with Crippen LogP contribution in [0.4, 0.5) is 17.6 Å². The van der Waals surface area contributed by atoms with Gasteiger partial charge in [-0.2, -0.15) is 0 Å². The van der Waals surface area contributed by atoms with Gasteiger partial charge in [-0.1, -0.05) is 25.3 Å². The number of ether oxygens (including phenoxy) is 1. The van der Waals surface area contributed by atoms with Crippen molar-refractivity contribution in [2.75, 3.05) is 6.86 Å². The normalized spacial score (nSPS) is 23.6. The highest BCUT2D eigenvalue weighted by molar-refractivity contribution is 8.14. The zero-order valence-corrected chi connectivity index (χ0v) is 17.0. The maximum atomic E-state index is 15.1. The number of halogens is 4. The largest absolute Gasteiger partial charge is 0.445 e. The number of Topliss-reactive ketones (excluding diaryl/α,β-unsaturated/α-hetero) is 1. The summed E-state index contributed by atoms with van der Waals surface area (Å²) in [5.74, 6) is -1.41. The molecule has 0 saturated heterocycles. The molecule has 0 aliphatic carbocycles. The number of aliphatic hydroxyl groups excluding tert-OH is 1. The number of alkyl halides is 3. The smallest absolute Gasteiger partial charge is 0.234 e. The molecule has 3 N–H and O–H groups in total. The van der Waals surface area contributed by atoms with Crippen molar-refractivity contribution in [2.45, 2.75) is 44.1 Å². The van der Waals surface area contributed by atoms with Gasteiger partial charge in [0, 0.05) is 12.0 Å². The fourth-order valence-electron chi connectivity index (χ4n) is 3.18. The van der Waals surface area contributed by atoms with E-state index < -0.39 is 41.8 Å². The molecule has 1 aliphatic rings. The van der Waals surface area contributed by atoms with Crippen molar-refractivity contribution in [2.24, 2.45) is 10.7 Å². The average molecular weight is 474 g/mol. The number of ketones is 1. The maximum absolute atomic E-state index is 15.1. The Hall–Kier alpha value is -2.73. The van der Waals surface area contributed by atoms with Crippen molar-refractivity contribution < 1.29 is 32.2 Å². The average Bonchev–Trinajstić information content (AvgIpc) is 2.72. The van der Waals surface area contributed by atoms with Crippen LogP contribution in [0.3, 0.4) is 0 Å². The fraction of sp³-hybridized carbons (Fsp3) is 0.400. The monoisotopic (exact) mass is 474 g/mol. The molecule has 0 amide bonds. The van der Waals surface area contributed by atoms with Crippen LogP contribution in [0.5, 0.6) is 5.88 Å². The number of aliphatic imine (C=N–C) groups is 1. The SMILES string of the molecule is C.C[C@]1(c2cc(CC(=O)c3cnc(OCF)cn3)ccc2F)N=C(N)S[C@H](C(O)F)[C@@H]1F. The van der Waals surface area contributed by atoms with E-state index in [0.717, 1.165) is 18.5 Å². The molecule has 1 aromatic carbocycles. The van der Waals surface area contributed by atoms with E-state index in [0.29, 0.717) is 17.3 Å². The predicted molar refractivity (Wildman–Crippen MR) is 112 cm³/mol. The van der Waals surface area contributed by atoms with Crippen LogP contribution < -0.4 is 10.5 Å². The van der Waals surface area contributed by atoms with Gasteiger partial charge in [0.2, 0.25) is 19.1 Å². The Bertz CT molecular complexity index is 993. The van der Waals surface area contributed by atoms with Gasteiger partial charge in [-0.25, -0.2) is 32.5 Å². The molecular weight excluding hydrogens is 452 g/mol. The molecule has 12 heteroatoms. The van der Waals surface area contributed by atoms with E-state index in [1.807, 2.05) is 0 Å². The molecule has 0 radical (unpaired) electrons. The number of thioether (sulfide) groups is 1. The summed E-state index contributed by atoms with van der Waals surface area (Å²) in [5.41, 5.74) is 3.78. The van der Waals surface area contributed by atoms with Gasteiger partial charge in [-0.3, -0.25) is 4.79 Å². The molecule has 1 aliphatic heterocycles. The molecule has 3 rings (SSSR count). The number of aromatic nitrogens is 2. The van der Waals surface area contributed by atoms with Crippen molar-refractivity contribution in [3.8, 4) is 5.88 Å². The zero-order chi connectivity index (χ0) is 22.8. The van der Waals surface area contributed by atoms with Crippen LogP contribution in [-0.2, 0) is 12.0 Å². The Morgan fingerprint density at radius 2 is 2.09 bits per heavy atom. The van der Waals surface area contributed by atoms with Crippen molar-refractivity contribution >= 4 is 22.7 Å². The molecular formula is C20H22F4N4O3S. The summed E-state index contributed by atoms with van der Waals surface area (Å²) in [7, 11) is 0. The number of nitrogens with two attached hydrogens (primary N) is 1. The van der Waals surface area contributed by atoms with Crippen molar-refractivity contribution in [3.63, 3.8) is 0 Å². The molecule has 2 heterocycles. The van der Waals surface area contributed by atoms with Gasteiger partial charge in [0.1, 0.15) is 28.5 Å². The molecule has 0 saturated carbocycles. The Balaban J connectivity index is 0.00000363. The van der Waals surface area contributed by atoms with Gasteiger partial charge in [0.15, 0.2) is 11.0 Å². The van der Waals surface area contributed by atoms with Crippen molar-refractivity contribution in [1.82, 2.24) is 9.97 Å². The van der Waals surface area contributed by atoms with Crippen LogP contribution in [0, 0.1) is 5.82 Å². The first-order valence-corrected chi connectivity index (χ1v) is 9.84. The van der Waals surface area contributed by atoms with Crippen LogP contribution in [0.15, 0.2) is 35.6 Å². The lowest BCUT2D eigenvalue weighted by atomic mass is 9.84. The third kappa shape index (κ3) is 5.18. The first-order chi connectivity index (χ1) is 14.7. The highest BCUT2D eigenvalue weighted by atomic mass is 32.2. The first kappa shape index (κ1) is 25.5. The molecule has 32 heavy (non-hydrogen) atoms. The summed E-state index contributed by atoms with van der Waals surface area (Å²) in [5, 5.41) is 7.45. The Labute approximate surface area is 186 Å². The number of carbonyl (C=O) groups excluding carboxylic acids is 1. The maximum Gasteiger partial charge on any atom is 0.234 e. The van der Waals surface area contributed by atoms with Gasteiger partial charge in [0.25, 0.3) is 0 Å². The Kier molecular flexibility index (Phi) is 8.18. The number of benzene rings is 1. The van der Waals surface area contributed by atoms with E-state index in [9.17, 15) is 23.1 Å². The lowest BCUT2D eigenvalue weighted by molar-refractivity contribution is 0.00641. The summed E-state index contributed by atoms with van der Waals surface area (Å²) >= 11 is 0.524. The van der Waals surface area contributed by atoms with Crippen LogP contribution in [0.1, 0.15) is 36.0 Å². The molecule has 4 atom stereocenters. The topological polar surface area (TPSA) is 111 Å². The molecule has 7 nitrogen and oxygen atoms in total. The van der Waals surface area contributed by atoms with Gasteiger partial charge in [-0.05, 0) is 24.6 Å². The number of nitrogens with zero attached hydrogens (tertiary/aromatic N) is 3.